The molecule has 1 aromatic carbocycles. The number of aromatic nitrogens is 3. The van der Waals surface area contributed by atoms with Crippen molar-refractivity contribution >= 4 is 22.6 Å². The number of halogens is 1. The van der Waals surface area contributed by atoms with E-state index < -0.39 is 0 Å². The zero-order valence-electron chi connectivity index (χ0n) is 8.68. The van der Waals surface area contributed by atoms with E-state index in [1.54, 1.807) is 18.3 Å². The van der Waals surface area contributed by atoms with E-state index in [1.165, 1.54) is 6.20 Å². The van der Waals surface area contributed by atoms with Crippen molar-refractivity contribution in [2.75, 3.05) is 0 Å². The van der Waals surface area contributed by atoms with Crippen molar-refractivity contribution in [1.29, 1.82) is 0 Å². The molecule has 4 nitrogen and oxygen atoms in total. The van der Waals surface area contributed by atoms with Gasteiger partial charge in [0.05, 0.1) is 17.2 Å². The second-order valence-corrected chi connectivity index (χ2v) is 4.12. The van der Waals surface area contributed by atoms with E-state index in [0.29, 0.717) is 10.8 Å². The van der Waals surface area contributed by atoms with Crippen LogP contribution in [0.3, 0.4) is 0 Å². The highest BCUT2D eigenvalue weighted by Crippen LogP contribution is 2.23. The van der Waals surface area contributed by atoms with Crippen LogP contribution < -0.4 is 0 Å². The maximum Gasteiger partial charge on any atom is 0.140 e. The molecule has 2 heterocycles. The van der Waals surface area contributed by atoms with Gasteiger partial charge in [-0.05, 0) is 24.3 Å². The smallest absolute Gasteiger partial charge is 0.140 e. The Morgan fingerprint density at radius 1 is 1.18 bits per heavy atom. The molecule has 0 radical (unpaired) electrons. The topological polar surface area (TPSA) is 61.8 Å². The maximum absolute atomic E-state index is 9.37. The molecular weight excluding hydrogens is 238 g/mol. The van der Waals surface area contributed by atoms with Gasteiger partial charge in [0, 0.05) is 16.8 Å². The Balaban J connectivity index is 2.18. The lowest BCUT2D eigenvalue weighted by Crippen LogP contribution is -1.81. The van der Waals surface area contributed by atoms with E-state index in [1.807, 2.05) is 12.1 Å². The fraction of sp³-hybridized carbons (Fsp3) is 0. The summed E-state index contributed by atoms with van der Waals surface area (Å²) in [6.07, 6.45) is 3.02. The molecule has 0 spiro atoms. The monoisotopic (exact) mass is 245 g/mol. The number of imidazole rings is 1. The minimum atomic E-state index is 0.112. The first-order valence-corrected chi connectivity index (χ1v) is 5.40. The van der Waals surface area contributed by atoms with E-state index in [9.17, 15) is 5.11 Å². The highest BCUT2D eigenvalue weighted by molar-refractivity contribution is 6.31. The predicted octanol–water partition coefficient (Wildman–Crippen LogP) is 2.98. The van der Waals surface area contributed by atoms with Gasteiger partial charge in [-0.1, -0.05) is 11.6 Å². The third-order valence-corrected chi connectivity index (χ3v) is 2.68. The van der Waals surface area contributed by atoms with Crippen molar-refractivity contribution in [2.45, 2.75) is 0 Å². The van der Waals surface area contributed by atoms with Gasteiger partial charge in [-0.2, -0.15) is 0 Å². The summed E-state index contributed by atoms with van der Waals surface area (Å²) in [7, 11) is 0. The zero-order chi connectivity index (χ0) is 11.8. The molecule has 2 N–H and O–H groups in total. The van der Waals surface area contributed by atoms with Crippen LogP contribution in [-0.4, -0.2) is 20.1 Å². The normalized spacial score (nSPS) is 10.9. The van der Waals surface area contributed by atoms with Gasteiger partial charge in [-0.3, -0.25) is 4.98 Å². The molecule has 2 aromatic heterocycles. The first kappa shape index (κ1) is 10.1. The number of hydrogen-bond acceptors (Lipinski definition) is 3. The van der Waals surface area contributed by atoms with E-state index in [2.05, 4.69) is 15.0 Å². The molecule has 0 aliphatic rings. The van der Waals surface area contributed by atoms with Crippen LogP contribution in [0.2, 0.25) is 5.02 Å². The summed E-state index contributed by atoms with van der Waals surface area (Å²) in [6, 6.07) is 7.04. The third-order valence-electron chi connectivity index (χ3n) is 2.44. The van der Waals surface area contributed by atoms with E-state index in [4.69, 9.17) is 11.6 Å². The number of benzene rings is 1. The highest BCUT2D eigenvalue weighted by atomic mass is 35.5. The third kappa shape index (κ3) is 1.83. The largest absolute Gasteiger partial charge is 0.506 e. The van der Waals surface area contributed by atoms with Gasteiger partial charge in [0.25, 0.3) is 0 Å². The summed E-state index contributed by atoms with van der Waals surface area (Å²) in [4.78, 5) is 11.4. The van der Waals surface area contributed by atoms with Crippen LogP contribution in [0.15, 0.2) is 36.7 Å². The lowest BCUT2D eigenvalue weighted by atomic mass is 10.2. The summed E-state index contributed by atoms with van der Waals surface area (Å²) < 4.78 is 0. The van der Waals surface area contributed by atoms with Gasteiger partial charge in [-0.25, -0.2) is 4.98 Å². The van der Waals surface area contributed by atoms with Gasteiger partial charge < -0.3 is 10.1 Å². The average Bonchev–Trinajstić information content (AvgIpc) is 2.72. The molecule has 0 bridgehead atoms. The summed E-state index contributed by atoms with van der Waals surface area (Å²) in [5.41, 5.74) is 2.42. The van der Waals surface area contributed by atoms with Crippen LogP contribution in [0.5, 0.6) is 5.75 Å². The number of rotatable bonds is 1. The Morgan fingerprint density at radius 3 is 2.88 bits per heavy atom. The number of fused-ring (bicyclic) bond motifs is 1. The molecule has 0 fully saturated rings. The SMILES string of the molecule is Oc1cncc(-c2nc3ccc(Cl)cc3[nH]2)c1. The van der Waals surface area contributed by atoms with Gasteiger partial charge in [0.2, 0.25) is 0 Å². The van der Waals surface area contributed by atoms with Crippen molar-refractivity contribution in [3.8, 4) is 17.1 Å². The fourth-order valence-electron chi connectivity index (χ4n) is 1.68. The zero-order valence-corrected chi connectivity index (χ0v) is 9.44. The second kappa shape index (κ2) is 3.75. The lowest BCUT2D eigenvalue weighted by molar-refractivity contribution is 0.473. The Hall–Kier alpha value is -2.07. The van der Waals surface area contributed by atoms with Crippen LogP contribution in [-0.2, 0) is 0 Å². The average molecular weight is 246 g/mol. The Morgan fingerprint density at radius 2 is 2.06 bits per heavy atom. The van der Waals surface area contributed by atoms with E-state index >= 15 is 0 Å². The number of aromatic hydroxyl groups is 1. The number of pyridine rings is 1. The summed E-state index contributed by atoms with van der Waals surface area (Å²) in [6.45, 7) is 0. The Bertz CT molecular complexity index is 693. The summed E-state index contributed by atoms with van der Waals surface area (Å²) in [5, 5.41) is 10.0. The van der Waals surface area contributed by atoms with Gasteiger partial charge in [0.1, 0.15) is 11.6 Å². The van der Waals surface area contributed by atoms with Crippen molar-refractivity contribution in [3.05, 3.63) is 41.7 Å². The highest BCUT2D eigenvalue weighted by Gasteiger charge is 2.06. The molecule has 17 heavy (non-hydrogen) atoms. The lowest BCUT2D eigenvalue weighted by Gasteiger charge is -1.95. The predicted molar refractivity (Wildman–Crippen MR) is 66.0 cm³/mol. The molecule has 0 atom stereocenters. The van der Waals surface area contributed by atoms with Crippen LogP contribution in [0, 0.1) is 0 Å². The van der Waals surface area contributed by atoms with E-state index in [0.717, 1.165) is 16.6 Å². The fourth-order valence-corrected chi connectivity index (χ4v) is 1.85. The molecular formula is C12H8ClN3O. The number of hydrogen-bond donors (Lipinski definition) is 2. The van der Waals surface area contributed by atoms with Crippen LogP contribution >= 0.6 is 11.6 Å². The van der Waals surface area contributed by atoms with Crippen LogP contribution in [0.1, 0.15) is 0 Å². The Kier molecular flexibility index (Phi) is 2.23. The first-order chi connectivity index (χ1) is 8.22. The second-order valence-electron chi connectivity index (χ2n) is 3.68. The number of aromatic amines is 1. The number of nitrogens with zero attached hydrogens (tertiary/aromatic N) is 2. The molecule has 84 valence electrons. The van der Waals surface area contributed by atoms with E-state index in [-0.39, 0.29) is 5.75 Å². The molecule has 0 unspecified atom stereocenters. The Labute approximate surface area is 102 Å². The standard InChI is InChI=1S/C12H8ClN3O/c13-8-1-2-10-11(4-8)16-12(15-10)7-3-9(17)6-14-5-7/h1-6,17H,(H,15,16). The first-order valence-electron chi connectivity index (χ1n) is 5.02. The number of nitrogens with one attached hydrogen (secondary N) is 1. The van der Waals surface area contributed by atoms with Crippen molar-refractivity contribution in [2.24, 2.45) is 0 Å². The molecule has 3 rings (SSSR count). The molecule has 0 aliphatic carbocycles. The molecule has 5 heteroatoms. The molecule has 0 amide bonds. The summed E-state index contributed by atoms with van der Waals surface area (Å²) >= 11 is 5.90. The quantitative estimate of drug-likeness (QED) is 0.693. The van der Waals surface area contributed by atoms with Crippen LogP contribution in [0.25, 0.3) is 22.4 Å². The van der Waals surface area contributed by atoms with Gasteiger partial charge in [-0.15, -0.1) is 0 Å². The van der Waals surface area contributed by atoms with Crippen molar-refractivity contribution < 1.29 is 5.11 Å². The minimum absolute atomic E-state index is 0.112. The van der Waals surface area contributed by atoms with Gasteiger partial charge in [0.15, 0.2) is 0 Å². The molecule has 3 aromatic rings. The molecule has 0 aliphatic heterocycles. The van der Waals surface area contributed by atoms with Crippen LogP contribution in [0.4, 0.5) is 0 Å². The molecule has 0 saturated heterocycles. The van der Waals surface area contributed by atoms with Crippen molar-refractivity contribution in [3.63, 3.8) is 0 Å². The minimum Gasteiger partial charge on any atom is -0.506 e. The van der Waals surface area contributed by atoms with Crippen molar-refractivity contribution in [1.82, 2.24) is 15.0 Å². The maximum atomic E-state index is 9.37. The summed E-state index contributed by atoms with van der Waals surface area (Å²) in [5.74, 6) is 0.770. The number of H-pyrrole nitrogens is 1. The molecule has 0 saturated carbocycles. The van der Waals surface area contributed by atoms with Gasteiger partial charge >= 0.3 is 0 Å².